The summed E-state index contributed by atoms with van der Waals surface area (Å²) in [7, 11) is 1.85. The summed E-state index contributed by atoms with van der Waals surface area (Å²) in [4.78, 5) is 12.5. The number of aryl methyl sites for hydroxylation is 2. The molecule has 1 aromatic carbocycles. The molecule has 3 rings (SSSR count). The summed E-state index contributed by atoms with van der Waals surface area (Å²) in [6.45, 7) is 3.85. The average Bonchev–Trinajstić information content (AvgIpc) is 2.98. The normalized spacial score (nSPS) is 16.7. The summed E-state index contributed by atoms with van der Waals surface area (Å²) in [6.07, 6.45) is 5.41. The first-order valence-corrected chi connectivity index (χ1v) is 6.71. The number of hydrazone groups is 1. The number of hydrogen-bond acceptors (Lipinski definition) is 3. The van der Waals surface area contributed by atoms with Gasteiger partial charge in [-0.05, 0) is 32.1 Å². The van der Waals surface area contributed by atoms with E-state index in [1.807, 2.05) is 57.4 Å². The fraction of sp³-hybridized carbons (Fsp3) is 0.188. The van der Waals surface area contributed by atoms with Crippen molar-refractivity contribution >= 4 is 23.4 Å². The van der Waals surface area contributed by atoms with Crippen LogP contribution in [-0.4, -0.2) is 21.4 Å². The van der Waals surface area contributed by atoms with Gasteiger partial charge in [0.05, 0.1) is 23.2 Å². The SMILES string of the molecule is CC1=NN(c2ccc(C)cc2)C(=O)C1=Cc1cnn(C)c1. The quantitative estimate of drug-likeness (QED) is 0.794. The number of nitrogens with zero attached hydrogens (tertiary/aromatic N) is 4. The zero-order chi connectivity index (χ0) is 15.0. The number of benzene rings is 1. The van der Waals surface area contributed by atoms with E-state index >= 15 is 0 Å². The second kappa shape index (κ2) is 5.01. The van der Waals surface area contributed by atoms with Crippen LogP contribution in [0.2, 0.25) is 0 Å². The molecule has 0 saturated carbocycles. The standard InChI is InChI=1S/C16H16N4O/c1-11-4-6-14(7-5-11)20-16(21)15(12(2)18-20)8-13-9-17-19(3)10-13/h4-10H,1-3H3. The van der Waals surface area contributed by atoms with Crippen LogP contribution >= 0.6 is 0 Å². The third-order valence-corrected chi connectivity index (χ3v) is 3.38. The number of anilines is 1. The molecule has 2 aromatic rings. The van der Waals surface area contributed by atoms with Crippen LogP contribution in [0.3, 0.4) is 0 Å². The number of carbonyl (C=O) groups is 1. The van der Waals surface area contributed by atoms with Crippen LogP contribution in [0.5, 0.6) is 0 Å². The van der Waals surface area contributed by atoms with Crippen LogP contribution in [0.15, 0.2) is 47.3 Å². The maximum atomic E-state index is 12.5. The number of amides is 1. The van der Waals surface area contributed by atoms with Gasteiger partial charge >= 0.3 is 0 Å². The van der Waals surface area contributed by atoms with E-state index in [9.17, 15) is 4.79 Å². The van der Waals surface area contributed by atoms with E-state index in [0.717, 1.165) is 16.8 Å². The predicted molar refractivity (Wildman–Crippen MR) is 83.0 cm³/mol. The van der Waals surface area contributed by atoms with Crippen molar-refractivity contribution in [3.63, 3.8) is 0 Å². The largest absolute Gasteiger partial charge is 0.280 e. The smallest absolute Gasteiger partial charge is 0.275 e. The van der Waals surface area contributed by atoms with Crippen LogP contribution in [-0.2, 0) is 11.8 Å². The topological polar surface area (TPSA) is 50.5 Å². The van der Waals surface area contributed by atoms with E-state index in [1.54, 1.807) is 10.9 Å². The van der Waals surface area contributed by atoms with Gasteiger partial charge in [-0.3, -0.25) is 9.48 Å². The Balaban J connectivity index is 1.93. The lowest BCUT2D eigenvalue weighted by atomic mass is 10.1. The van der Waals surface area contributed by atoms with Crippen molar-refractivity contribution in [3.05, 3.63) is 53.4 Å². The van der Waals surface area contributed by atoms with Crippen LogP contribution in [0.4, 0.5) is 5.69 Å². The van der Waals surface area contributed by atoms with E-state index < -0.39 is 0 Å². The minimum atomic E-state index is -0.111. The van der Waals surface area contributed by atoms with Crippen molar-refractivity contribution in [2.75, 3.05) is 5.01 Å². The molecule has 0 spiro atoms. The third kappa shape index (κ3) is 2.50. The fourth-order valence-electron chi connectivity index (χ4n) is 2.23. The summed E-state index contributed by atoms with van der Waals surface area (Å²) in [5.41, 5.74) is 4.13. The van der Waals surface area contributed by atoms with Gasteiger partial charge in [-0.15, -0.1) is 0 Å². The minimum absolute atomic E-state index is 0.111. The zero-order valence-electron chi connectivity index (χ0n) is 12.2. The molecule has 1 aliphatic rings. The molecule has 0 saturated heterocycles. The van der Waals surface area contributed by atoms with Gasteiger partial charge in [-0.2, -0.15) is 15.2 Å². The number of rotatable bonds is 2. The molecule has 1 aromatic heterocycles. The Bertz CT molecular complexity index is 753. The van der Waals surface area contributed by atoms with Gasteiger partial charge in [-0.1, -0.05) is 17.7 Å². The highest BCUT2D eigenvalue weighted by Crippen LogP contribution is 2.25. The first-order chi connectivity index (χ1) is 10.0. The van der Waals surface area contributed by atoms with E-state index in [-0.39, 0.29) is 5.91 Å². The second-order valence-corrected chi connectivity index (χ2v) is 5.14. The summed E-state index contributed by atoms with van der Waals surface area (Å²) < 4.78 is 1.70. The first-order valence-electron chi connectivity index (χ1n) is 6.71. The third-order valence-electron chi connectivity index (χ3n) is 3.38. The van der Waals surface area contributed by atoms with E-state index in [2.05, 4.69) is 10.2 Å². The number of hydrogen-bond donors (Lipinski definition) is 0. The van der Waals surface area contributed by atoms with Crippen LogP contribution in [0.1, 0.15) is 18.1 Å². The molecule has 2 heterocycles. The van der Waals surface area contributed by atoms with Gasteiger partial charge in [0, 0.05) is 18.8 Å². The van der Waals surface area contributed by atoms with Crippen LogP contribution in [0, 0.1) is 6.92 Å². The molecule has 21 heavy (non-hydrogen) atoms. The molecule has 0 unspecified atom stereocenters. The maximum Gasteiger partial charge on any atom is 0.280 e. The van der Waals surface area contributed by atoms with Crippen molar-refractivity contribution in [3.8, 4) is 0 Å². The van der Waals surface area contributed by atoms with Crippen LogP contribution in [0.25, 0.3) is 6.08 Å². The highest BCUT2D eigenvalue weighted by molar-refractivity contribution is 6.32. The Morgan fingerprint density at radius 1 is 1.14 bits per heavy atom. The lowest BCUT2D eigenvalue weighted by Gasteiger charge is -2.11. The van der Waals surface area contributed by atoms with Crippen LogP contribution < -0.4 is 5.01 Å². The summed E-state index contributed by atoms with van der Waals surface area (Å²) in [5, 5.41) is 9.90. The second-order valence-electron chi connectivity index (χ2n) is 5.14. The number of carbonyl (C=O) groups excluding carboxylic acids is 1. The molecule has 0 fully saturated rings. The number of aromatic nitrogens is 2. The Morgan fingerprint density at radius 2 is 1.86 bits per heavy atom. The first kappa shape index (κ1) is 13.3. The highest BCUT2D eigenvalue weighted by atomic mass is 16.2. The average molecular weight is 280 g/mol. The Kier molecular flexibility index (Phi) is 3.17. The molecule has 0 aliphatic carbocycles. The van der Waals surface area contributed by atoms with Gasteiger partial charge in [0.15, 0.2) is 0 Å². The van der Waals surface area contributed by atoms with E-state index in [1.165, 1.54) is 5.01 Å². The molecule has 0 radical (unpaired) electrons. The molecule has 1 aliphatic heterocycles. The van der Waals surface area contributed by atoms with Gasteiger partial charge in [0.1, 0.15) is 0 Å². The van der Waals surface area contributed by atoms with Gasteiger partial charge < -0.3 is 0 Å². The molecule has 0 bridgehead atoms. The van der Waals surface area contributed by atoms with Gasteiger partial charge in [0.25, 0.3) is 5.91 Å². The Hall–Kier alpha value is -2.69. The van der Waals surface area contributed by atoms with Crippen molar-refractivity contribution in [1.29, 1.82) is 0 Å². The molecular formula is C16H16N4O. The minimum Gasteiger partial charge on any atom is -0.275 e. The fourth-order valence-corrected chi connectivity index (χ4v) is 2.23. The van der Waals surface area contributed by atoms with E-state index in [0.29, 0.717) is 11.3 Å². The molecule has 5 nitrogen and oxygen atoms in total. The molecular weight excluding hydrogens is 264 g/mol. The van der Waals surface area contributed by atoms with Gasteiger partial charge in [-0.25, -0.2) is 0 Å². The molecule has 106 valence electrons. The monoisotopic (exact) mass is 280 g/mol. The van der Waals surface area contributed by atoms with Crippen molar-refractivity contribution in [1.82, 2.24) is 9.78 Å². The highest BCUT2D eigenvalue weighted by Gasteiger charge is 2.28. The molecule has 5 heteroatoms. The van der Waals surface area contributed by atoms with Crippen molar-refractivity contribution in [2.45, 2.75) is 13.8 Å². The lowest BCUT2D eigenvalue weighted by molar-refractivity contribution is -0.114. The molecule has 0 atom stereocenters. The zero-order valence-corrected chi connectivity index (χ0v) is 12.2. The summed E-state index contributed by atoms with van der Waals surface area (Å²) in [6, 6.07) is 7.74. The summed E-state index contributed by atoms with van der Waals surface area (Å²) in [5.74, 6) is -0.111. The maximum absolute atomic E-state index is 12.5. The van der Waals surface area contributed by atoms with Crippen molar-refractivity contribution < 1.29 is 4.79 Å². The molecule has 0 N–H and O–H groups in total. The predicted octanol–water partition coefficient (Wildman–Crippen LogP) is 2.53. The Labute approximate surface area is 123 Å². The Morgan fingerprint density at radius 3 is 2.48 bits per heavy atom. The van der Waals surface area contributed by atoms with E-state index in [4.69, 9.17) is 0 Å². The molecule has 1 amide bonds. The van der Waals surface area contributed by atoms with Gasteiger partial charge in [0.2, 0.25) is 0 Å². The lowest BCUT2D eigenvalue weighted by Crippen LogP contribution is -2.21. The van der Waals surface area contributed by atoms with Crippen molar-refractivity contribution in [2.24, 2.45) is 12.1 Å². The summed E-state index contributed by atoms with van der Waals surface area (Å²) >= 11 is 0.